The summed E-state index contributed by atoms with van der Waals surface area (Å²) in [4.78, 5) is 18.1. The van der Waals surface area contributed by atoms with Crippen LogP contribution in [0.5, 0.6) is 11.5 Å². The van der Waals surface area contributed by atoms with Gasteiger partial charge in [0, 0.05) is 36.8 Å². The topological polar surface area (TPSA) is 51.7 Å². The van der Waals surface area contributed by atoms with Crippen molar-refractivity contribution in [1.29, 1.82) is 0 Å². The molecule has 0 radical (unpaired) electrons. The minimum absolute atomic E-state index is 0.0885. The van der Waals surface area contributed by atoms with Crippen molar-refractivity contribution < 1.29 is 14.3 Å². The lowest BCUT2D eigenvalue weighted by molar-refractivity contribution is 0.0993. The molecule has 1 saturated carbocycles. The predicted octanol–water partition coefficient (Wildman–Crippen LogP) is 3.69. The van der Waals surface area contributed by atoms with Gasteiger partial charge in [-0.2, -0.15) is 0 Å². The lowest BCUT2D eigenvalue weighted by Crippen LogP contribution is -2.26. The Morgan fingerprint density at radius 1 is 1.12 bits per heavy atom. The Kier molecular flexibility index (Phi) is 4.99. The summed E-state index contributed by atoms with van der Waals surface area (Å²) in [5, 5.41) is 0. The van der Waals surface area contributed by atoms with Crippen LogP contribution in [-0.2, 0) is 0 Å². The summed E-state index contributed by atoms with van der Waals surface area (Å²) in [5.41, 5.74) is 1.37. The van der Waals surface area contributed by atoms with Crippen LogP contribution < -0.4 is 14.4 Å². The van der Waals surface area contributed by atoms with Crippen molar-refractivity contribution in [3.05, 3.63) is 48.3 Å². The molecule has 0 atom stereocenters. The van der Waals surface area contributed by atoms with Crippen LogP contribution in [0.25, 0.3) is 0 Å². The number of aromatic nitrogens is 1. The van der Waals surface area contributed by atoms with Gasteiger partial charge in [-0.1, -0.05) is 0 Å². The van der Waals surface area contributed by atoms with Gasteiger partial charge in [0.25, 0.3) is 5.91 Å². The van der Waals surface area contributed by atoms with Gasteiger partial charge in [-0.05, 0) is 49.9 Å². The zero-order chi connectivity index (χ0) is 16.9. The minimum atomic E-state index is -0.0885. The van der Waals surface area contributed by atoms with Crippen molar-refractivity contribution in [2.45, 2.75) is 31.8 Å². The highest BCUT2D eigenvalue weighted by Crippen LogP contribution is 2.35. The summed E-state index contributed by atoms with van der Waals surface area (Å²) in [7, 11) is 3.38. The largest absolute Gasteiger partial charge is 0.493 e. The fourth-order valence-electron chi connectivity index (χ4n) is 2.96. The number of hydrogen-bond acceptors (Lipinski definition) is 4. The molecule has 3 rings (SSSR count). The lowest BCUT2D eigenvalue weighted by Gasteiger charge is -2.21. The molecule has 0 N–H and O–H groups in total. The van der Waals surface area contributed by atoms with Gasteiger partial charge in [-0.25, -0.2) is 0 Å². The lowest BCUT2D eigenvalue weighted by atomic mass is 10.2. The normalized spacial score (nSPS) is 14.4. The summed E-state index contributed by atoms with van der Waals surface area (Å²) < 4.78 is 11.5. The SMILES string of the molecule is COc1ccc(N(C)C(=O)c2ccncc2)cc1OC1CCCC1. The van der Waals surface area contributed by atoms with Crippen molar-refractivity contribution >= 4 is 11.6 Å². The fraction of sp³-hybridized carbons (Fsp3) is 0.368. The Morgan fingerprint density at radius 2 is 1.83 bits per heavy atom. The number of pyridine rings is 1. The second-order valence-electron chi connectivity index (χ2n) is 5.96. The van der Waals surface area contributed by atoms with E-state index in [1.54, 1.807) is 43.6 Å². The summed E-state index contributed by atoms with van der Waals surface area (Å²) in [6.45, 7) is 0. The van der Waals surface area contributed by atoms with Crippen LogP contribution in [-0.4, -0.2) is 31.2 Å². The first-order chi connectivity index (χ1) is 11.7. The van der Waals surface area contributed by atoms with Crippen molar-refractivity contribution in [1.82, 2.24) is 4.98 Å². The van der Waals surface area contributed by atoms with Crippen molar-refractivity contribution in [2.24, 2.45) is 0 Å². The Labute approximate surface area is 142 Å². The first-order valence-electron chi connectivity index (χ1n) is 8.22. The average molecular weight is 326 g/mol. The zero-order valence-corrected chi connectivity index (χ0v) is 14.1. The van der Waals surface area contributed by atoms with Gasteiger partial charge in [-0.3, -0.25) is 9.78 Å². The molecule has 0 saturated heterocycles. The Hall–Kier alpha value is -2.56. The quantitative estimate of drug-likeness (QED) is 0.841. The third kappa shape index (κ3) is 3.50. The van der Waals surface area contributed by atoms with E-state index in [0.717, 1.165) is 18.5 Å². The molecule has 1 aliphatic rings. The molecule has 2 aromatic rings. The number of amides is 1. The third-order valence-corrected chi connectivity index (χ3v) is 4.36. The van der Waals surface area contributed by atoms with E-state index in [0.29, 0.717) is 17.1 Å². The van der Waals surface area contributed by atoms with Crippen LogP contribution in [0.1, 0.15) is 36.0 Å². The maximum absolute atomic E-state index is 12.6. The molecular formula is C19H22N2O3. The van der Waals surface area contributed by atoms with Gasteiger partial charge in [0.15, 0.2) is 11.5 Å². The molecule has 5 heteroatoms. The zero-order valence-electron chi connectivity index (χ0n) is 14.1. The summed E-state index contributed by atoms with van der Waals surface area (Å²) in [6.07, 6.45) is 8.00. The van der Waals surface area contributed by atoms with Crippen molar-refractivity contribution in [2.75, 3.05) is 19.1 Å². The highest BCUT2D eigenvalue weighted by Gasteiger charge is 2.20. The molecule has 0 bridgehead atoms. The van der Waals surface area contributed by atoms with E-state index >= 15 is 0 Å². The van der Waals surface area contributed by atoms with Crippen LogP contribution >= 0.6 is 0 Å². The number of carbonyl (C=O) groups is 1. The number of hydrogen-bond donors (Lipinski definition) is 0. The van der Waals surface area contributed by atoms with E-state index in [-0.39, 0.29) is 12.0 Å². The van der Waals surface area contributed by atoms with Gasteiger partial charge in [-0.15, -0.1) is 0 Å². The van der Waals surface area contributed by atoms with Crippen molar-refractivity contribution in [3.8, 4) is 11.5 Å². The van der Waals surface area contributed by atoms with Crippen LogP contribution in [0.2, 0.25) is 0 Å². The van der Waals surface area contributed by atoms with Gasteiger partial charge < -0.3 is 14.4 Å². The van der Waals surface area contributed by atoms with Crippen LogP contribution in [0, 0.1) is 0 Å². The second-order valence-corrected chi connectivity index (χ2v) is 5.96. The maximum atomic E-state index is 12.6. The van der Waals surface area contributed by atoms with Gasteiger partial charge in [0.05, 0.1) is 13.2 Å². The van der Waals surface area contributed by atoms with Gasteiger partial charge in [0.2, 0.25) is 0 Å². The number of benzene rings is 1. The van der Waals surface area contributed by atoms with Gasteiger partial charge >= 0.3 is 0 Å². The Bertz CT molecular complexity index is 697. The van der Waals surface area contributed by atoms with E-state index in [1.165, 1.54) is 12.8 Å². The molecule has 1 aromatic carbocycles. The number of nitrogens with zero attached hydrogens (tertiary/aromatic N) is 2. The van der Waals surface area contributed by atoms with Crippen molar-refractivity contribution in [3.63, 3.8) is 0 Å². The Balaban J connectivity index is 1.83. The molecule has 1 fully saturated rings. The molecule has 1 aliphatic carbocycles. The van der Waals surface area contributed by atoms with E-state index in [2.05, 4.69) is 4.98 Å². The number of methoxy groups -OCH3 is 1. The predicted molar refractivity (Wildman–Crippen MR) is 92.8 cm³/mol. The van der Waals surface area contributed by atoms with Crippen LogP contribution in [0.4, 0.5) is 5.69 Å². The molecule has 5 nitrogen and oxygen atoms in total. The van der Waals surface area contributed by atoms with Gasteiger partial charge in [0.1, 0.15) is 0 Å². The standard InChI is InChI=1S/C19H22N2O3/c1-21(19(22)14-9-11-20-12-10-14)15-7-8-17(23-2)18(13-15)24-16-5-3-4-6-16/h7-13,16H,3-6H2,1-2H3. The number of rotatable bonds is 5. The molecule has 126 valence electrons. The van der Waals surface area contributed by atoms with E-state index in [1.807, 2.05) is 18.2 Å². The van der Waals surface area contributed by atoms with E-state index < -0.39 is 0 Å². The number of ether oxygens (including phenoxy) is 2. The molecule has 1 aromatic heterocycles. The van der Waals surface area contributed by atoms with Crippen LogP contribution in [0.3, 0.4) is 0 Å². The smallest absolute Gasteiger partial charge is 0.258 e. The maximum Gasteiger partial charge on any atom is 0.258 e. The van der Waals surface area contributed by atoms with E-state index in [4.69, 9.17) is 9.47 Å². The van der Waals surface area contributed by atoms with E-state index in [9.17, 15) is 4.79 Å². The first kappa shape index (κ1) is 16.3. The Morgan fingerprint density at radius 3 is 2.50 bits per heavy atom. The monoisotopic (exact) mass is 326 g/mol. The second kappa shape index (κ2) is 7.34. The molecule has 1 amide bonds. The fourth-order valence-corrected chi connectivity index (χ4v) is 2.96. The first-order valence-corrected chi connectivity index (χ1v) is 8.22. The number of anilines is 1. The van der Waals surface area contributed by atoms with Crippen LogP contribution in [0.15, 0.2) is 42.7 Å². The number of carbonyl (C=O) groups excluding carboxylic acids is 1. The molecule has 0 aliphatic heterocycles. The highest BCUT2D eigenvalue weighted by atomic mass is 16.5. The molecular weight excluding hydrogens is 304 g/mol. The third-order valence-electron chi connectivity index (χ3n) is 4.36. The molecule has 0 spiro atoms. The summed E-state index contributed by atoms with van der Waals surface area (Å²) in [5.74, 6) is 1.29. The molecule has 24 heavy (non-hydrogen) atoms. The highest BCUT2D eigenvalue weighted by molar-refractivity contribution is 6.05. The minimum Gasteiger partial charge on any atom is -0.493 e. The molecule has 1 heterocycles. The molecule has 0 unspecified atom stereocenters. The summed E-state index contributed by atoms with van der Waals surface area (Å²) >= 11 is 0. The average Bonchev–Trinajstić information content (AvgIpc) is 3.14. The summed E-state index contributed by atoms with van der Waals surface area (Å²) in [6, 6.07) is 8.99.